The highest BCUT2D eigenvalue weighted by molar-refractivity contribution is 5.69. The first kappa shape index (κ1) is 14.6. The van der Waals surface area contributed by atoms with Crippen LogP contribution in [0, 0.1) is 24.0 Å². The quantitative estimate of drug-likeness (QED) is 0.581. The number of nitrogens with one attached hydrogen (secondary N) is 1. The van der Waals surface area contributed by atoms with Crippen LogP contribution in [-0.4, -0.2) is 29.7 Å². The minimum absolute atomic E-state index is 0.0838. The van der Waals surface area contributed by atoms with Crippen LogP contribution in [0.4, 0.5) is 17.2 Å². The van der Waals surface area contributed by atoms with Gasteiger partial charge < -0.3 is 5.32 Å². The van der Waals surface area contributed by atoms with E-state index in [1.54, 1.807) is 31.5 Å². The van der Waals surface area contributed by atoms with Crippen molar-refractivity contribution >= 4 is 17.2 Å². The Kier molecular flexibility index (Phi) is 3.67. The number of aromatic nitrogens is 5. The fourth-order valence-electron chi connectivity index (χ4n) is 2.20. The largest absolute Gasteiger partial charge is 0.355 e. The van der Waals surface area contributed by atoms with E-state index < -0.39 is 4.92 Å². The molecule has 3 aromatic heterocycles. The molecule has 0 bridgehead atoms. The number of nitro groups is 1. The van der Waals surface area contributed by atoms with Gasteiger partial charge in [-0.25, -0.2) is 14.6 Å². The molecule has 9 heteroatoms. The molecule has 0 aromatic carbocycles. The van der Waals surface area contributed by atoms with Gasteiger partial charge in [0, 0.05) is 11.9 Å². The van der Waals surface area contributed by atoms with Gasteiger partial charge in [-0.1, -0.05) is 0 Å². The Hall–Kier alpha value is -3.36. The predicted octanol–water partition coefficient (Wildman–Crippen LogP) is 2.33. The average Bonchev–Trinajstić information content (AvgIpc) is 2.86. The number of aryl methyl sites for hydroxylation is 2. The normalized spacial score (nSPS) is 10.5. The fourth-order valence-corrected chi connectivity index (χ4v) is 2.20. The number of rotatable bonds is 4. The van der Waals surface area contributed by atoms with E-state index in [9.17, 15) is 10.1 Å². The second-order valence-electron chi connectivity index (χ2n) is 4.86. The number of anilines is 2. The standard InChI is InChI=1S/C14H13N7O2/c1-9-6-10(2)20(19-9)14-12(21(22)23)13(16-8-17-14)18-11-4-3-5-15-7-11/h3-8H,1-2H3,(H,16,17,18). The van der Waals surface area contributed by atoms with Crippen LogP contribution in [0.3, 0.4) is 0 Å². The van der Waals surface area contributed by atoms with Gasteiger partial charge in [0.15, 0.2) is 0 Å². The molecule has 3 rings (SSSR count). The summed E-state index contributed by atoms with van der Waals surface area (Å²) in [5.74, 6) is 0.197. The number of hydrogen-bond acceptors (Lipinski definition) is 7. The molecule has 3 aromatic rings. The molecule has 0 fully saturated rings. The summed E-state index contributed by atoms with van der Waals surface area (Å²) in [4.78, 5) is 23.0. The molecule has 9 nitrogen and oxygen atoms in total. The highest BCUT2D eigenvalue weighted by atomic mass is 16.6. The molecule has 0 spiro atoms. The zero-order valence-electron chi connectivity index (χ0n) is 12.5. The van der Waals surface area contributed by atoms with Crippen molar-refractivity contribution in [2.75, 3.05) is 5.32 Å². The van der Waals surface area contributed by atoms with E-state index in [-0.39, 0.29) is 17.3 Å². The van der Waals surface area contributed by atoms with Crippen LogP contribution in [0.5, 0.6) is 0 Å². The lowest BCUT2D eigenvalue weighted by Crippen LogP contribution is -2.09. The summed E-state index contributed by atoms with van der Waals surface area (Å²) in [6, 6.07) is 5.28. The summed E-state index contributed by atoms with van der Waals surface area (Å²) in [6.45, 7) is 3.62. The monoisotopic (exact) mass is 311 g/mol. The lowest BCUT2D eigenvalue weighted by atomic mass is 10.3. The second-order valence-corrected chi connectivity index (χ2v) is 4.86. The Balaban J connectivity index is 2.13. The number of nitrogens with zero attached hydrogens (tertiary/aromatic N) is 6. The lowest BCUT2D eigenvalue weighted by molar-refractivity contribution is -0.384. The molecule has 23 heavy (non-hydrogen) atoms. The van der Waals surface area contributed by atoms with Gasteiger partial charge in [0.1, 0.15) is 6.33 Å². The third-order valence-corrected chi connectivity index (χ3v) is 3.12. The van der Waals surface area contributed by atoms with Gasteiger partial charge >= 0.3 is 5.69 Å². The third-order valence-electron chi connectivity index (χ3n) is 3.12. The topological polar surface area (TPSA) is 112 Å². The lowest BCUT2D eigenvalue weighted by Gasteiger charge is -2.09. The minimum Gasteiger partial charge on any atom is -0.333 e. The summed E-state index contributed by atoms with van der Waals surface area (Å²) in [6.07, 6.45) is 4.42. The van der Waals surface area contributed by atoms with Gasteiger partial charge in [-0.15, -0.1) is 0 Å². The zero-order valence-corrected chi connectivity index (χ0v) is 12.5. The van der Waals surface area contributed by atoms with Crippen molar-refractivity contribution in [3.05, 3.63) is 58.4 Å². The van der Waals surface area contributed by atoms with Gasteiger partial charge in [-0.2, -0.15) is 5.10 Å². The van der Waals surface area contributed by atoms with E-state index >= 15 is 0 Å². The van der Waals surface area contributed by atoms with Crippen molar-refractivity contribution < 1.29 is 4.92 Å². The summed E-state index contributed by atoms with van der Waals surface area (Å²) in [5.41, 5.74) is 1.84. The summed E-state index contributed by atoms with van der Waals surface area (Å²) >= 11 is 0. The molecule has 0 unspecified atom stereocenters. The van der Waals surface area contributed by atoms with Gasteiger partial charge in [-0.3, -0.25) is 15.1 Å². The average molecular weight is 311 g/mol. The first-order valence-electron chi connectivity index (χ1n) is 6.76. The van der Waals surface area contributed by atoms with Crippen molar-refractivity contribution in [3.8, 4) is 5.82 Å². The molecule has 0 aliphatic rings. The Morgan fingerprint density at radius 3 is 2.74 bits per heavy atom. The van der Waals surface area contributed by atoms with Gasteiger partial charge in [0.05, 0.1) is 22.5 Å². The van der Waals surface area contributed by atoms with Crippen LogP contribution in [0.1, 0.15) is 11.4 Å². The van der Waals surface area contributed by atoms with E-state index in [1.807, 2.05) is 13.0 Å². The molecule has 1 N–H and O–H groups in total. The van der Waals surface area contributed by atoms with Crippen LogP contribution in [0.25, 0.3) is 5.82 Å². The molecule has 0 aliphatic heterocycles. The molecule has 0 radical (unpaired) electrons. The molecule has 3 heterocycles. The Morgan fingerprint density at radius 2 is 2.13 bits per heavy atom. The predicted molar refractivity (Wildman–Crippen MR) is 82.8 cm³/mol. The van der Waals surface area contributed by atoms with E-state index in [2.05, 4.69) is 25.4 Å². The summed E-state index contributed by atoms with van der Waals surface area (Å²) in [7, 11) is 0. The van der Waals surface area contributed by atoms with E-state index in [1.165, 1.54) is 11.0 Å². The Morgan fingerprint density at radius 1 is 1.30 bits per heavy atom. The highest BCUT2D eigenvalue weighted by Gasteiger charge is 2.26. The molecular formula is C14H13N7O2. The molecular weight excluding hydrogens is 298 g/mol. The van der Waals surface area contributed by atoms with Crippen LogP contribution in [0.2, 0.25) is 0 Å². The van der Waals surface area contributed by atoms with Crippen molar-refractivity contribution in [3.63, 3.8) is 0 Å². The third kappa shape index (κ3) is 2.84. The fraction of sp³-hybridized carbons (Fsp3) is 0.143. The van der Waals surface area contributed by atoms with Gasteiger partial charge in [-0.05, 0) is 32.0 Å². The van der Waals surface area contributed by atoms with Crippen molar-refractivity contribution in [2.24, 2.45) is 0 Å². The number of pyridine rings is 1. The highest BCUT2D eigenvalue weighted by Crippen LogP contribution is 2.30. The first-order chi connectivity index (χ1) is 11.1. The SMILES string of the molecule is Cc1cc(C)n(-c2ncnc(Nc3cccnc3)c2[N+](=O)[O-])n1. The van der Waals surface area contributed by atoms with Crippen LogP contribution < -0.4 is 5.32 Å². The van der Waals surface area contributed by atoms with Gasteiger partial charge in [0.25, 0.3) is 0 Å². The molecule has 0 saturated heterocycles. The zero-order chi connectivity index (χ0) is 16.4. The van der Waals surface area contributed by atoms with Crippen molar-refractivity contribution in [2.45, 2.75) is 13.8 Å². The van der Waals surface area contributed by atoms with Crippen molar-refractivity contribution in [1.29, 1.82) is 0 Å². The summed E-state index contributed by atoms with van der Waals surface area (Å²) < 4.78 is 1.43. The Labute approximate surface area is 131 Å². The first-order valence-corrected chi connectivity index (χ1v) is 6.76. The molecule has 116 valence electrons. The molecule has 0 saturated carbocycles. The maximum Gasteiger partial charge on any atom is 0.355 e. The van der Waals surface area contributed by atoms with E-state index in [4.69, 9.17) is 0 Å². The van der Waals surface area contributed by atoms with Crippen LogP contribution >= 0.6 is 0 Å². The van der Waals surface area contributed by atoms with E-state index in [0.29, 0.717) is 5.69 Å². The van der Waals surface area contributed by atoms with Crippen LogP contribution in [-0.2, 0) is 0 Å². The Bertz CT molecular complexity index is 861. The van der Waals surface area contributed by atoms with Crippen molar-refractivity contribution in [1.82, 2.24) is 24.7 Å². The summed E-state index contributed by atoms with van der Waals surface area (Å²) in [5, 5.41) is 18.7. The second kappa shape index (κ2) is 5.79. The smallest absolute Gasteiger partial charge is 0.333 e. The maximum atomic E-state index is 11.6. The molecule has 0 amide bonds. The minimum atomic E-state index is -0.523. The number of hydrogen-bond donors (Lipinski definition) is 1. The van der Waals surface area contributed by atoms with Gasteiger partial charge in [0.2, 0.25) is 11.6 Å². The van der Waals surface area contributed by atoms with Crippen LogP contribution in [0.15, 0.2) is 36.9 Å². The molecule has 0 atom stereocenters. The van der Waals surface area contributed by atoms with E-state index in [0.717, 1.165) is 11.4 Å². The molecule has 0 aliphatic carbocycles. The maximum absolute atomic E-state index is 11.6.